The highest BCUT2D eigenvalue weighted by molar-refractivity contribution is 5.69. The molecule has 7 nitrogen and oxygen atoms in total. The van der Waals surface area contributed by atoms with Gasteiger partial charge in [-0.3, -0.25) is 14.7 Å². The molecule has 0 aliphatic rings. The summed E-state index contributed by atoms with van der Waals surface area (Å²) in [5.41, 5.74) is 0.806. The van der Waals surface area contributed by atoms with Crippen LogP contribution >= 0.6 is 0 Å². The molecule has 0 amide bonds. The number of nitrogens with one attached hydrogen (secondary N) is 1. The molecule has 2 heterocycles. The first-order valence-electron chi connectivity index (χ1n) is 4.23. The number of carboxylic acid groups (broad SMARTS) is 1. The standard InChI is InChI=1S/C8H8N4O3/c1-4-2-6(13)11-12-5(3-7(14)15)9-10-8(4)12/h2H,3H2,1H3,(H,11,13)(H,14,15). The van der Waals surface area contributed by atoms with Gasteiger partial charge in [0.15, 0.2) is 11.5 Å². The van der Waals surface area contributed by atoms with E-state index in [0.29, 0.717) is 11.2 Å². The number of aromatic amines is 1. The Bertz CT molecular complexity index is 583. The number of aliphatic carboxylic acids is 1. The summed E-state index contributed by atoms with van der Waals surface area (Å²) in [6, 6.07) is 1.38. The quantitative estimate of drug-likeness (QED) is 0.683. The number of nitrogens with zero attached hydrogens (tertiary/aromatic N) is 3. The van der Waals surface area contributed by atoms with Crippen LogP contribution in [0.25, 0.3) is 5.65 Å². The average molecular weight is 208 g/mol. The number of hydrogen-bond donors (Lipinski definition) is 2. The number of H-pyrrole nitrogens is 1. The number of carbonyl (C=O) groups is 1. The molecule has 78 valence electrons. The molecule has 0 fully saturated rings. The molecule has 0 atom stereocenters. The summed E-state index contributed by atoms with van der Waals surface area (Å²) >= 11 is 0. The third-order valence-electron chi connectivity index (χ3n) is 1.96. The van der Waals surface area contributed by atoms with Crippen molar-refractivity contribution in [3.8, 4) is 0 Å². The van der Waals surface area contributed by atoms with Crippen molar-refractivity contribution in [2.45, 2.75) is 13.3 Å². The fourth-order valence-corrected chi connectivity index (χ4v) is 1.34. The van der Waals surface area contributed by atoms with Crippen LogP contribution in [0.4, 0.5) is 0 Å². The summed E-state index contributed by atoms with van der Waals surface area (Å²) in [6.45, 7) is 1.71. The van der Waals surface area contributed by atoms with Crippen LogP contribution < -0.4 is 5.56 Å². The van der Waals surface area contributed by atoms with E-state index in [1.54, 1.807) is 6.92 Å². The van der Waals surface area contributed by atoms with E-state index < -0.39 is 5.97 Å². The van der Waals surface area contributed by atoms with Crippen molar-refractivity contribution in [2.24, 2.45) is 0 Å². The molecule has 2 rings (SSSR count). The van der Waals surface area contributed by atoms with E-state index >= 15 is 0 Å². The molecule has 0 saturated heterocycles. The Hall–Kier alpha value is -2.18. The zero-order chi connectivity index (χ0) is 11.0. The normalized spacial score (nSPS) is 10.7. The number of carboxylic acids is 1. The molecular weight excluding hydrogens is 200 g/mol. The smallest absolute Gasteiger partial charge is 0.311 e. The van der Waals surface area contributed by atoms with E-state index in [-0.39, 0.29) is 17.8 Å². The monoisotopic (exact) mass is 208 g/mol. The lowest BCUT2D eigenvalue weighted by Gasteiger charge is -1.97. The molecule has 0 spiro atoms. The lowest BCUT2D eigenvalue weighted by atomic mass is 10.3. The second-order valence-electron chi connectivity index (χ2n) is 3.15. The first-order valence-corrected chi connectivity index (χ1v) is 4.23. The highest BCUT2D eigenvalue weighted by Crippen LogP contribution is 2.04. The van der Waals surface area contributed by atoms with Crippen LogP contribution in [0, 0.1) is 6.92 Å². The Labute approximate surface area is 83.4 Å². The maximum atomic E-state index is 11.2. The maximum absolute atomic E-state index is 11.2. The van der Waals surface area contributed by atoms with Crippen molar-refractivity contribution in [1.29, 1.82) is 0 Å². The van der Waals surface area contributed by atoms with Gasteiger partial charge in [0, 0.05) is 11.6 Å². The van der Waals surface area contributed by atoms with E-state index in [0.717, 1.165) is 0 Å². The Morgan fingerprint density at radius 1 is 1.60 bits per heavy atom. The van der Waals surface area contributed by atoms with Gasteiger partial charge >= 0.3 is 5.97 Å². The maximum Gasteiger partial charge on any atom is 0.311 e. The van der Waals surface area contributed by atoms with Crippen LogP contribution in [-0.2, 0) is 11.2 Å². The van der Waals surface area contributed by atoms with Crippen molar-refractivity contribution < 1.29 is 9.90 Å². The first kappa shape index (κ1) is 9.38. The molecule has 0 saturated carbocycles. The average Bonchev–Trinajstić information content (AvgIpc) is 2.48. The topological polar surface area (TPSA) is 100 Å². The molecule has 15 heavy (non-hydrogen) atoms. The van der Waals surface area contributed by atoms with Gasteiger partial charge in [0.05, 0.1) is 0 Å². The molecule has 0 bridgehead atoms. The van der Waals surface area contributed by atoms with E-state index in [4.69, 9.17) is 5.11 Å². The molecule has 0 aromatic carbocycles. The SMILES string of the molecule is Cc1cc(=O)[nH]n2c(CC(=O)O)nnc12. The number of rotatable bonds is 2. The van der Waals surface area contributed by atoms with E-state index in [2.05, 4.69) is 15.3 Å². The highest BCUT2D eigenvalue weighted by atomic mass is 16.4. The van der Waals surface area contributed by atoms with Crippen molar-refractivity contribution in [3.05, 3.63) is 27.8 Å². The predicted molar refractivity (Wildman–Crippen MR) is 49.7 cm³/mol. The molecule has 0 unspecified atom stereocenters. The van der Waals surface area contributed by atoms with Gasteiger partial charge in [-0.25, -0.2) is 4.52 Å². The number of fused-ring (bicyclic) bond motifs is 1. The number of aryl methyl sites for hydroxylation is 1. The summed E-state index contributed by atoms with van der Waals surface area (Å²) in [6.07, 6.45) is -0.277. The minimum atomic E-state index is -1.02. The van der Waals surface area contributed by atoms with Crippen molar-refractivity contribution in [3.63, 3.8) is 0 Å². The van der Waals surface area contributed by atoms with Gasteiger partial charge in [0.1, 0.15) is 6.42 Å². The van der Waals surface area contributed by atoms with Crippen LogP contribution in [0.1, 0.15) is 11.4 Å². The summed E-state index contributed by atoms with van der Waals surface area (Å²) in [5, 5.41) is 18.6. The second-order valence-corrected chi connectivity index (χ2v) is 3.15. The highest BCUT2D eigenvalue weighted by Gasteiger charge is 2.11. The molecule has 0 aliphatic heterocycles. The van der Waals surface area contributed by atoms with Crippen molar-refractivity contribution >= 4 is 11.6 Å². The molecule has 2 N–H and O–H groups in total. The number of hydrogen-bond acceptors (Lipinski definition) is 4. The lowest BCUT2D eigenvalue weighted by molar-refractivity contribution is -0.136. The number of aromatic nitrogens is 4. The molecular formula is C8H8N4O3. The largest absolute Gasteiger partial charge is 0.481 e. The van der Waals surface area contributed by atoms with Crippen LogP contribution in [0.15, 0.2) is 10.9 Å². The molecule has 2 aromatic rings. The third-order valence-corrected chi connectivity index (χ3v) is 1.96. The summed E-state index contributed by atoms with van der Waals surface area (Å²) in [7, 11) is 0. The van der Waals surface area contributed by atoms with Crippen LogP contribution in [0.2, 0.25) is 0 Å². The third kappa shape index (κ3) is 1.58. The minimum Gasteiger partial charge on any atom is -0.481 e. The Morgan fingerprint density at radius 3 is 3.00 bits per heavy atom. The van der Waals surface area contributed by atoms with Crippen LogP contribution in [0.5, 0.6) is 0 Å². The van der Waals surface area contributed by atoms with Gasteiger partial charge in [-0.1, -0.05) is 0 Å². The summed E-state index contributed by atoms with van der Waals surface area (Å²) in [4.78, 5) is 21.7. The van der Waals surface area contributed by atoms with Gasteiger partial charge < -0.3 is 5.11 Å². The molecule has 2 aromatic heterocycles. The molecule has 0 radical (unpaired) electrons. The van der Waals surface area contributed by atoms with Gasteiger partial charge in [-0.05, 0) is 6.92 Å². The fourth-order valence-electron chi connectivity index (χ4n) is 1.34. The summed E-state index contributed by atoms with van der Waals surface area (Å²) < 4.78 is 1.30. The second kappa shape index (κ2) is 3.19. The van der Waals surface area contributed by atoms with Gasteiger partial charge in [-0.2, -0.15) is 0 Å². The van der Waals surface area contributed by atoms with Gasteiger partial charge in [0.2, 0.25) is 0 Å². The minimum absolute atomic E-state index is 0.207. The Kier molecular flexibility index (Phi) is 2.00. The fraction of sp³-hybridized carbons (Fsp3) is 0.250. The Balaban J connectivity index is 2.68. The van der Waals surface area contributed by atoms with Gasteiger partial charge in [0.25, 0.3) is 5.56 Å². The van der Waals surface area contributed by atoms with E-state index in [1.807, 2.05) is 0 Å². The lowest BCUT2D eigenvalue weighted by Crippen LogP contribution is -2.14. The first-order chi connectivity index (χ1) is 7.08. The zero-order valence-electron chi connectivity index (χ0n) is 7.89. The van der Waals surface area contributed by atoms with Crippen LogP contribution in [0.3, 0.4) is 0 Å². The van der Waals surface area contributed by atoms with Crippen molar-refractivity contribution in [2.75, 3.05) is 0 Å². The Morgan fingerprint density at radius 2 is 2.33 bits per heavy atom. The van der Waals surface area contributed by atoms with E-state index in [1.165, 1.54) is 10.6 Å². The summed E-state index contributed by atoms with van der Waals surface area (Å²) in [5.74, 6) is -0.815. The van der Waals surface area contributed by atoms with Gasteiger partial charge in [-0.15, -0.1) is 10.2 Å². The van der Waals surface area contributed by atoms with Crippen LogP contribution in [-0.4, -0.2) is 30.9 Å². The molecule has 0 aliphatic carbocycles. The van der Waals surface area contributed by atoms with E-state index in [9.17, 15) is 9.59 Å². The predicted octanol–water partition coefficient (Wildman–Crippen LogP) is -0.647. The zero-order valence-corrected chi connectivity index (χ0v) is 7.89. The van der Waals surface area contributed by atoms with Crippen molar-refractivity contribution in [1.82, 2.24) is 19.8 Å². The molecule has 7 heteroatoms.